The van der Waals surface area contributed by atoms with Gasteiger partial charge in [-0.1, -0.05) is 44.2 Å². The number of carbonyl (C=O) groups is 1. The second kappa shape index (κ2) is 6.95. The molecule has 3 aromatic rings. The maximum absolute atomic E-state index is 12.3. The minimum Gasteiger partial charge on any atom is -0.309 e. The molecule has 1 aliphatic heterocycles. The topological polar surface area (TPSA) is 72.7 Å². The molecule has 1 amide bonds. The Balaban J connectivity index is 1.75. The molecule has 3 heterocycles. The van der Waals surface area contributed by atoms with Crippen molar-refractivity contribution in [2.45, 2.75) is 45.6 Å². The van der Waals surface area contributed by atoms with Crippen molar-refractivity contribution >= 4 is 11.7 Å². The van der Waals surface area contributed by atoms with Crippen LogP contribution in [0.15, 0.2) is 42.6 Å². The third kappa shape index (κ3) is 3.35. The van der Waals surface area contributed by atoms with E-state index in [0.717, 1.165) is 22.8 Å². The normalized spacial score (nSPS) is 16.3. The molecular formula is C21H23N5O. The van der Waals surface area contributed by atoms with E-state index in [1.807, 2.05) is 28.9 Å². The van der Waals surface area contributed by atoms with Crippen LogP contribution in [-0.4, -0.2) is 25.7 Å². The summed E-state index contributed by atoms with van der Waals surface area (Å²) in [7, 11) is 0. The first-order chi connectivity index (χ1) is 13.0. The molecule has 1 atom stereocenters. The van der Waals surface area contributed by atoms with Gasteiger partial charge in [0.1, 0.15) is 5.82 Å². The van der Waals surface area contributed by atoms with Gasteiger partial charge in [-0.3, -0.25) is 9.48 Å². The van der Waals surface area contributed by atoms with E-state index >= 15 is 0 Å². The Labute approximate surface area is 158 Å². The van der Waals surface area contributed by atoms with E-state index in [-0.39, 0.29) is 17.7 Å². The van der Waals surface area contributed by atoms with E-state index in [1.54, 1.807) is 6.20 Å². The first-order valence-corrected chi connectivity index (χ1v) is 9.27. The van der Waals surface area contributed by atoms with Crippen molar-refractivity contribution in [3.63, 3.8) is 0 Å². The number of nitrogens with one attached hydrogen (secondary N) is 1. The van der Waals surface area contributed by atoms with Crippen LogP contribution in [0.5, 0.6) is 0 Å². The van der Waals surface area contributed by atoms with Crippen LogP contribution in [0.1, 0.15) is 60.4 Å². The number of anilines is 1. The molecule has 1 unspecified atom stereocenters. The fourth-order valence-corrected chi connectivity index (χ4v) is 3.56. The number of rotatable bonds is 4. The van der Waals surface area contributed by atoms with Gasteiger partial charge in [0.05, 0.1) is 12.2 Å². The molecule has 27 heavy (non-hydrogen) atoms. The fraction of sp³-hybridized carbons (Fsp3) is 0.333. The summed E-state index contributed by atoms with van der Waals surface area (Å²) in [5, 5.41) is 7.60. The predicted octanol–water partition coefficient (Wildman–Crippen LogP) is 3.63. The van der Waals surface area contributed by atoms with Crippen molar-refractivity contribution in [3.8, 4) is 0 Å². The van der Waals surface area contributed by atoms with Crippen molar-refractivity contribution in [1.82, 2.24) is 19.7 Å². The number of fused-ring (bicyclic) bond motifs is 1. The van der Waals surface area contributed by atoms with Crippen LogP contribution >= 0.6 is 0 Å². The first kappa shape index (κ1) is 17.4. The van der Waals surface area contributed by atoms with Crippen LogP contribution in [0.2, 0.25) is 0 Å². The summed E-state index contributed by atoms with van der Waals surface area (Å²) < 4.78 is 1.96. The van der Waals surface area contributed by atoms with E-state index in [2.05, 4.69) is 48.3 Å². The van der Waals surface area contributed by atoms with Crippen molar-refractivity contribution in [3.05, 3.63) is 70.9 Å². The molecule has 0 aliphatic carbocycles. The predicted molar refractivity (Wildman–Crippen MR) is 104 cm³/mol. The number of benzene rings is 1. The van der Waals surface area contributed by atoms with Gasteiger partial charge in [-0.05, 0) is 18.6 Å². The summed E-state index contributed by atoms with van der Waals surface area (Å²) in [5.74, 6) is 1.56. The fourth-order valence-electron chi connectivity index (χ4n) is 3.56. The zero-order valence-electron chi connectivity index (χ0n) is 15.8. The molecule has 6 heteroatoms. The Bertz CT molecular complexity index is 977. The average molecular weight is 361 g/mol. The number of aromatic nitrogens is 4. The Morgan fingerprint density at radius 1 is 1.22 bits per heavy atom. The molecule has 1 aromatic carbocycles. The minimum absolute atomic E-state index is 0.0263. The number of carbonyl (C=O) groups excluding carboxylic acids is 1. The molecule has 0 fully saturated rings. The number of amides is 1. The van der Waals surface area contributed by atoms with Crippen molar-refractivity contribution in [2.75, 3.05) is 5.32 Å². The lowest BCUT2D eigenvalue weighted by molar-refractivity contribution is -0.116. The summed E-state index contributed by atoms with van der Waals surface area (Å²) in [6.07, 6.45) is 2.16. The number of hydrogen-bond acceptors (Lipinski definition) is 4. The van der Waals surface area contributed by atoms with E-state index in [9.17, 15) is 4.79 Å². The summed E-state index contributed by atoms with van der Waals surface area (Å²) in [4.78, 5) is 21.4. The Kier molecular flexibility index (Phi) is 4.48. The highest BCUT2D eigenvalue weighted by Gasteiger charge is 2.33. The molecule has 1 N–H and O–H groups in total. The monoisotopic (exact) mass is 361 g/mol. The molecule has 0 spiro atoms. The van der Waals surface area contributed by atoms with Crippen LogP contribution in [0.3, 0.4) is 0 Å². The molecule has 0 radical (unpaired) electrons. The van der Waals surface area contributed by atoms with E-state index in [4.69, 9.17) is 4.98 Å². The molecule has 138 valence electrons. The van der Waals surface area contributed by atoms with E-state index < -0.39 is 0 Å². The zero-order chi connectivity index (χ0) is 19.0. The molecule has 2 aromatic heterocycles. The summed E-state index contributed by atoms with van der Waals surface area (Å²) >= 11 is 0. The number of hydrogen-bond donors (Lipinski definition) is 1. The summed E-state index contributed by atoms with van der Waals surface area (Å²) in [5.41, 5.74) is 4.17. The van der Waals surface area contributed by atoms with Gasteiger partial charge >= 0.3 is 0 Å². The maximum atomic E-state index is 12.3. The Morgan fingerprint density at radius 2 is 2.00 bits per heavy atom. The van der Waals surface area contributed by atoms with Crippen molar-refractivity contribution in [2.24, 2.45) is 0 Å². The maximum Gasteiger partial charge on any atom is 0.226 e. The third-order valence-corrected chi connectivity index (χ3v) is 4.99. The molecule has 0 saturated carbocycles. The van der Waals surface area contributed by atoms with Gasteiger partial charge in [0.2, 0.25) is 5.91 Å². The second-order valence-electron chi connectivity index (χ2n) is 7.29. The Hall–Kier alpha value is -3.02. The quantitative estimate of drug-likeness (QED) is 0.770. The minimum atomic E-state index is -0.0984. The first-order valence-electron chi connectivity index (χ1n) is 9.27. The van der Waals surface area contributed by atoms with Crippen LogP contribution in [-0.2, 0) is 11.3 Å². The van der Waals surface area contributed by atoms with E-state index in [1.165, 1.54) is 5.56 Å². The van der Waals surface area contributed by atoms with Gasteiger partial charge in [0.15, 0.2) is 5.82 Å². The van der Waals surface area contributed by atoms with Crippen LogP contribution in [0.25, 0.3) is 0 Å². The highest BCUT2D eigenvalue weighted by molar-refractivity contribution is 5.94. The highest BCUT2D eigenvalue weighted by atomic mass is 16.1. The Morgan fingerprint density at radius 3 is 2.74 bits per heavy atom. The summed E-state index contributed by atoms with van der Waals surface area (Å²) in [6.45, 7) is 6.87. The average Bonchev–Trinajstić information content (AvgIpc) is 2.97. The van der Waals surface area contributed by atoms with Crippen LogP contribution < -0.4 is 5.32 Å². The molecule has 6 nitrogen and oxygen atoms in total. The zero-order valence-corrected chi connectivity index (χ0v) is 15.8. The highest BCUT2D eigenvalue weighted by Crippen LogP contribution is 2.38. The van der Waals surface area contributed by atoms with Gasteiger partial charge in [0.25, 0.3) is 0 Å². The molecule has 1 aliphatic rings. The van der Waals surface area contributed by atoms with Gasteiger partial charge in [0, 0.05) is 35.7 Å². The van der Waals surface area contributed by atoms with Gasteiger partial charge in [-0.15, -0.1) is 0 Å². The second-order valence-corrected chi connectivity index (χ2v) is 7.29. The van der Waals surface area contributed by atoms with Crippen LogP contribution in [0.4, 0.5) is 5.82 Å². The van der Waals surface area contributed by atoms with E-state index in [0.29, 0.717) is 18.8 Å². The molecule has 4 rings (SSSR count). The molecular weight excluding hydrogens is 338 g/mol. The lowest BCUT2D eigenvalue weighted by atomic mass is 9.89. The lowest BCUT2D eigenvalue weighted by Crippen LogP contribution is -2.24. The molecule has 0 bridgehead atoms. The van der Waals surface area contributed by atoms with Gasteiger partial charge in [-0.2, -0.15) is 5.10 Å². The smallest absolute Gasteiger partial charge is 0.226 e. The summed E-state index contributed by atoms with van der Waals surface area (Å²) in [6, 6.07) is 12.1. The third-order valence-electron chi connectivity index (χ3n) is 4.99. The largest absolute Gasteiger partial charge is 0.309 e. The number of nitrogens with zero attached hydrogens (tertiary/aromatic N) is 4. The lowest BCUT2D eigenvalue weighted by Gasteiger charge is -2.22. The van der Waals surface area contributed by atoms with Crippen molar-refractivity contribution in [1.29, 1.82) is 0 Å². The van der Waals surface area contributed by atoms with Gasteiger partial charge < -0.3 is 5.32 Å². The van der Waals surface area contributed by atoms with Crippen molar-refractivity contribution < 1.29 is 4.79 Å². The molecule has 0 saturated heterocycles. The SMILES string of the molecule is Cc1c2c(nn1Cc1ccccc1)NC(=O)CC2c1ccnc(C(C)C)n1. The van der Waals surface area contributed by atoms with Crippen LogP contribution in [0, 0.1) is 6.92 Å². The van der Waals surface area contributed by atoms with Gasteiger partial charge in [-0.25, -0.2) is 9.97 Å². The standard InChI is InChI=1S/C21H23N5O/c1-13(2)20-22-10-9-17(23-20)16-11-18(27)24-21-19(16)14(3)26(25-21)12-15-7-5-4-6-8-15/h4-10,13,16H,11-12H2,1-3H3,(H,24,25,27).